The van der Waals surface area contributed by atoms with Crippen LogP contribution in [0.2, 0.25) is 0 Å². The Bertz CT molecular complexity index is 580. The SMILES string of the molecule is Cc1ccc2c(c1)CC1=C(C=CC(C)(C)C=C1)C2. The zero-order chi connectivity index (χ0) is 12.8. The summed E-state index contributed by atoms with van der Waals surface area (Å²) < 4.78 is 0. The van der Waals surface area contributed by atoms with Crippen LogP contribution in [-0.2, 0) is 12.8 Å². The van der Waals surface area contributed by atoms with Crippen LogP contribution >= 0.6 is 0 Å². The highest BCUT2D eigenvalue weighted by Crippen LogP contribution is 2.33. The molecule has 0 nitrogen and oxygen atoms in total. The molecule has 0 amide bonds. The van der Waals surface area contributed by atoms with Crippen LogP contribution in [-0.4, -0.2) is 0 Å². The number of benzene rings is 1. The van der Waals surface area contributed by atoms with Gasteiger partial charge in [-0.05, 0) is 42.0 Å². The molecule has 0 bridgehead atoms. The van der Waals surface area contributed by atoms with Gasteiger partial charge < -0.3 is 0 Å². The van der Waals surface area contributed by atoms with E-state index in [4.69, 9.17) is 0 Å². The molecule has 1 aromatic rings. The van der Waals surface area contributed by atoms with Crippen LogP contribution in [0.5, 0.6) is 0 Å². The monoisotopic (exact) mass is 236 g/mol. The van der Waals surface area contributed by atoms with Gasteiger partial charge in [0.25, 0.3) is 0 Å². The zero-order valence-corrected chi connectivity index (χ0v) is 11.5. The van der Waals surface area contributed by atoms with Crippen molar-refractivity contribution in [1.82, 2.24) is 0 Å². The molecular formula is C18H20. The minimum atomic E-state index is 0.180. The van der Waals surface area contributed by atoms with E-state index in [1.807, 2.05) is 0 Å². The number of hydrogen-bond acceptors (Lipinski definition) is 0. The van der Waals surface area contributed by atoms with Crippen LogP contribution in [0.4, 0.5) is 0 Å². The Balaban J connectivity index is 2.01. The molecule has 3 rings (SSSR count). The van der Waals surface area contributed by atoms with Crippen molar-refractivity contribution in [2.24, 2.45) is 5.41 Å². The third-order valence-corrected chi connectivity index (χ3v) is 3.96. The second-order valence-corrected chi connectivity index (χ2v) is 6.16. The maximum absolute atomic E-state index is 2.34. The highest BCUT2D eigenvalue weighted by atomic mass is 14.2. The van der Waals surface area contributed by atoms with Crippen molar-refractivity contribution in [1.29, 1.82) is 0 Å². The van der Waals surface area contributed by atoms with Gasteiger partial charge in [-0.3, -0.25) is 0 Å². The van der Waals surface area contributed by atoms with Crippen LogP contribution < -0.4 is 0 Å². The maximum Gasteiger partial charge on any atom is 0.00108 e. The Kier molecular flexibility index (Phi) is 2.55. The average Bonchev–Trinajstić information content (AvgIpc) is 2.47. The summed E-state index contributed by atoms with van der Waals surface area (Å²) in [6, 6.07) is 6.86. The Morgan fingerprint density at radius 2 is 1.50 bits per heavy atom. The van der Waals surface area contributed by atoms with Crippen molar-refractivity contribution in [3.8, 4) is 0 Å². The summed E-state index contributed by atoms with van der Waals surface area (Å²) in [4.78, 5) is 0. The predicted molar refractivity (Wildman–Crippen MR) is 77.7 cm³/mol. The van der Waals surface area contributed by atoms with Crippen molar-refractivity contribution >= 4 is 0 Å². The first-order chi connectivity index (χ1) is 8.53. The van der Waals surface area contributed by atoms with Crippen molar-refractivity contribution in [2.75, 3.05) is 0 Å². The molecule has 18 heavy (non-hydrogen) atoms. The lowest BCUT2D eigenvalue weighted by Crippen LogP contribution is -2.06. The summed E-state index contributed by atoms with van der Waals surface area (Å²) in [6.07, 6.45) is 11.5. The molecule has 0 aliphatic heterocycles. The van der Waals surface area contributed by atoms with Crippen LogP contribution in [0.25, 0.3) is 0 Å². The zero-order valence-electron chi connectivity index (χ0n) is 11.5. The van der Waals surface area contributed by atoms with Gasteiger partial charge in [0.2, 0.25) is 0 Å². The molecule has 0 heteroatoms. The van der Waals surface area contributed by atoms with Crippen LogP contribution in [0, 0.1) is 12.3 Å². The first kappa shape index (κ1) is 11.5. The number of allylic oxidation sites excluding steroid dienone is 6. The van der Waals surface area contributed by atoms with E-state index in [0.717, 1.165) is 12.8 Å². The van der Waals surface area contributed by atoms with Crippen LogP contribution in [0.15, 0.2) is 53.6 Å². The summed E-state index contributed by atoms with van der Waals surface area (Å²) in [7, 11) is 0. The average molecular weight is 236 g/mol. The summed E-state index contributed by atoms with van der Waals surface area (Å²) in [5, 5.41) is 0. The van der Waals surface area contributed by atoms with Gasteiger partial charge in [-0.2, -0.15) is 0 Å². The molecule has 2 aliphatic carbocycles. The van der Waals surface area contributed by atoms with Gasteiger partial charge in [0.1, 0.15) is 0 Å². The molecule has 0 heterocycles. The highest BCUT2D eigenvalue weighted by molar-refractivity contribution is 5.50. The molecule has 92 valence electrons. The molecule has 0 unspecified atom stereocenters. The van der Waals surface area contributed by atoms with Gasteiger partial charge in [0.05, 0.1) is 0 Å². The molecular weight excluding hydrogens is 216 g/mol. The number of hydrogen-bond donors (Lipinski definition) is 0. The molecule has 0 atom stereocenters. The van der Waals surface area contributed by atoms with Crippen molar-refractivity contribution in [3.05, 3.63) is 70.3 Å². The van der Waals surface area contributed by atoms with E-state index in [1.165, 1.54) is 27.8 Å². The van der Waals surface area contributed by atoms with Crippen LogP contribution in [0.3, 0.4) is 0 Å². The molecule has 2 aliphatic rings. The molecule has 0 saturated heterocycles. The predicted octanol–water partition coefficient (Wildman–Crippen LogP) is 4.54. The van der Waals surface area contributed by atoms with E-state index in [1.54, 1.807) is 0 Å². The van der Waals surface area contributed by atoms with Crippen molar-refractivity contribution in [2.45, 2.75) is 33.6 Å². The minimum Gasteiger partial charge on any atom is -0.0748 e. The van der Waals surface area contributed by atoms with Crippen molar-refractivity contribution in [3.63, 3.8) is 0 Å². The molecule has 0 radical (unpaired) electrons. The lowest BCUT2D eigenvalue weighted by molar-refractivity contribution is 0.626. The summed E-state index contributed by atoms with van der Waals surface area (Å²) >= 11 is 0. The fraction of sp³-hybridized carbons (Fsp3) is 0.333. The fourth-order valence-electron chi connectivity index (χ4n) is 2.75. The lowest BCUT2D eigenvalue weighted by atomic mass is 9.85. The summed E-state index contributed by atoms with van der Waals surface area (Å²) in [5.74, 6) is 0. The second kappa shape index (κ2) is 3.98. The molecule has 1 aromatic carbocycles. The molecule has 0 saturated carbocycles. The standard InChI is InChI=1S/C18H20/c1-13-4-5-14-11-15-6-8-18(2,3)9-7-16(15)12-17(14)10-13/h4-10H,11-12H2,1-3H3. The van der Waals surface area contributed by atoms with Gasteiger partial charge in [-0.15, -0.1) is 0 Å². The topological polar surface area (TPSA) is 0 Å². The number of aryl methyl sites for hydroxylation is 1. The largest absolute Gasteiger partial charge is 0.0748 e. The maximum atomic E-state index is 2.34. The third-order valence-electron chi connectivity index (χ3n) is 3.96. The number of rotatable bonds is 0. The Morgan fingerprint density at radius 3 is 2.17 bits per heavy atom. The minimum absolute atomic E-state index is 0.180. The molecule has 0 aromatic heterocycles. The summed E-state index contributed by atoms with van der Waals surface area (Å²) in [5.41, 5.74) is 7.54. The van der Waals surface area contributed by atoms with Gasteiger partial charge >= 0.3 is 0 Å². The number of fused-ring (bicyclic) bond motifs is 1. The van der Waals surface area contributed by atoms with Gasteiger partial charge in [-0.1, -0.05) is 61.9 Å². The second-order valence-electron chi connectivity index (χ2n) is 6.16. The third kappa shape index (κ3) is 2.08. The Hall–Kier alpha value is -1.56. The van der Waals surface area contributed by atoms with E-state index in [2.05, 4.69) is 63.3 Å². The van der Waals surface area contributed by atoms with E-state index >= 15 is 0 Å². The van der Waals surface area contributed by atoms with Crippen LogP contribution in [0.1, 0.15) is 30.5 Å². The quantitative estimate of drug-likeness (QED) is 0.620. The molecule has 0 spiro atoms. The van der Waals surface area contributed by atoms with E-state index < -0.39 is 0 Å². The van der Waals surface area contributed by atoms with Gasteiger partial charge in [0, 0.05) is 5.41 Å². The first-order valence-electron chi connectivity index (χ1n) is 6.72. The summed E-state index contributed by atoms with van der Waals surface area (Å²) in [6.45, 7) is 6.70. The van der Waals surface area contributed by atoms with E-state index in [9.17, 15) is 0 Å². The first-order valence-corrected chi connectivity index (χ1v) is 6.72. The Morgan fingerprint density at radius 1 is 0.889 bits per heavy atom. The normalized spacial score (nSPS) is 20.4. The molecule has 0 N–H and O–H groups in total. The van der Waals surface area contributed by atoms with Gasteiger partial charge in [0.15, 0.2) is 0 Å². The molecule has 0 fully saturated rings. The van der Waals surface area contributed by atoms with Gasteiger partial charge in [-0.25, -0.2) is 0 Å². The fourth-order valence-corrected chi connectivity index (χ4v) is 2.75. The van der Waals surface area contributed by atoms with E-state index in [0.29, 0.717) is 0 Å². The lowest BCUT2D eigenvalue weighted by Gasteiger charge is -2.20. The highest BCUT2D eigenvalue weighted by Gasteiger charge is 2.19. The smallest absolute Gasteiger partial charge is 0.00108 e. The van der Waals surface area contributed by atoms with Crippen molar-refractivity contribution < 1.29 is 0 Å². The Labute approximate surface area is 110 Å². The van der Waals surface area contributed by atoms with E-state index in [-0.39, 0.29) is 5.41 Å².